The van der Waals surface area contributed by atoms with Gasteiger partial charge in [0.25, 0.3) is 5.91 Å². The Balaban J connectivity index is 1.65. The van der Waals surface area contributed by atoms with E-state index in [1.165, 1.54) is 6.33 Å². The first-order chi connectivity index (χ1) is 15.0. The fourth-order valence-corrected chi connectivity index (χ4v) is 3.49. The van der Waals surface area contributed by atoms with Crippen LogP contribution in [0.25, 0.3) is 0 Å². The molecule has 3 N–H and O–H groups in total. The lowest BCUT2D eigenvalue weighted by Crippen LogP contribution is -2.31. The lowest BCUT2D eigenvalue weighted by molar-refractivity contribution is -0.113. The van der Waals surface area contributed by atoms with Crippen LogP contribution < -0.4 is 10.6 Å². The van der Waals surface area contributed by atoms with Gasteiger partial charge in [-0.25, -0.2) is 9.48 Å². The summed E-state index contributed by atoms with van der Waals surface area (Å²) in [7, 11) is 0. The van der Waals surface area contributed by atoms with Crippen molar-refractivity contribution >= 4 is 23.5 Å². The van der Waals surface area contributed by atoms with Gasteiger partial charge in [0.1, 0.15) is 18.1 Å². The Morgan fingerprint density at radius 3 is 2.71 bits per heavy atom. The number of fused-ring (bicyclic) bond motifs is 1. The molecule has 0 saturated heterocycles. The lowest BCUT2D eigenvalue weighted by atomic mass is 9.95. The summed E-state index contributed by atoms with van der Waals surface area (Å²) in [4.78, 5) is 29.3. The van der Waals surface area contributed by atoms with Crippen molar-refractivity contribution in [2.75, 3.05) is 17.2 Å². The summed E-state index contributed by atoms with van der Waals surface area (Å²) in [6, 6.07) is 12.6. The van der Waals surface area contributed by atoms with Gasteiger partial charge in [-0.2, -0.15) is 10.1 Å². The van der Waals surface area contributed by atoms with Gasteiger partial charge < -0.3 is 20.5 Å². The normalized spacial score (nSPS) is 15.1. The standard InChI is InChI=1S/C22H21N5O4/c1-3-31-21(30)14-7-9-16(10-8-14)26-20(29)18-13(2)25-22-23-12-24-27(22)19(18)15-5-4-6-17(28)11-15/h4-12,19,28H,3H2,1-2H3,(H,26,29)(H,23,24,25). The van der Waals surface area contributed by atoms with Crippen LogP contribution in [0.3, 0.4) is 0 Å². The molecule has 31 heavy (non-hydrogen) atoms. The topological polar surface area (TPSA) is 118 Å². The minimum Gasteiger partial charge on any atom is -0.508 e. The highest BCUT2D eigenvalue weighted by Gasteiger charge is 2.33. The molecule has 1 unspecified atom stereocenters. The zero-order valence-electron chi connectivity index (χ0n) is 17.0. The molecule has 0 aliphatic carbocycles. The second kappa shape index (κ2) is 8.31. The van der Waals surface area contributed by atoms with Crippen molar-refractivity contribution in [2.24, 2.45) is 0 Å². The van der Waals surface area contributed by atoms with Crippen molar-refractivity contribution in [1.29, 1.82) is 0 Å². The number of phenols is 1. The Bertz CT molecular complexity index is 1170. The molecule has 4 rings (SSSR count). The predicted molar refractivity (Wildman–Crippen MR) is 114 cm³/mol. The number of rotatable bonds is 5. The van der Waals surface area contributed by atoms with Gasteiger partial charge in [0, 0.05) is 11.4 Å². The smallest absolute Gasteiger partial charge is 0.338 e. The van der Waals surface area contributed by atoms with Crippen molar-refractivity contribution in [1.82, 2.24) is 14.8 Å². The van der Waals surface area contributed by atoms with Crippen LogP contribution in [0.1, 0.15) is 35.8 Å². The summed E-state index contributed by atoms with van der Waals surface area (Å²) in [5.41, 5.74) is 2.67. The number of anilines is 2. The summed E-state index contributed by atoms with van der Waals surface area (Å²) in [5, 5.41) is 20.2. The van der Waals surface area contributed by atoms with E-state index in [9.17, 15) is 14.7 Å². The molecule has 3 aromatic rings. The van der Waals surface area contributed by atoms with E-state index < -0.39 is 12.0 Å². The van der Waals surface area contributed by atoms with Gasteiger partial charge in [0.05, 0.1) is 17.7 Å². The van der Waals surface area contributed by atoms with Gasteiger partial charge in [-0.3, -0.25) is 4.79 Å². The van der Waals surface area contributed by atoms with E-state index in [0.717, 1.165) is 0 Å². The van der Waals surface area contributed by atoms with Gasteiger partial charge in [0.15, 0.2) is 0 Å². The molecular formula is C22H21N5O4. The molecule has 0 saturated carbocycles. The minimum absolute atomic E-state index is 0.0877. The fraction of sp³-hybridized carbons (Fsp3) is 0.182. The van der Waals surface area contributed by atoms with E-state index in [1.807, 2.05) is 6.07 Å². The molecule has 0 spiro atoms. The van der Waals surface area contributed by atoms with Crippen molar-refractivity contribution in [3.8, 4) is 5.75 Å². The molecule has 0 radical (unpaired) electrons. The van der Waals surface area contributed by atoms with E-state index in [1.54, 1.807) is 61.0 Å². The van der Waals surface area contributed by atoms with Gasteiger partial charge in [-0.05, 0) is 55.8 Å². The molecule has 158 valence electrons. The third-order valence-corrected chi connectivity index (χ3v) is 4.88. The Morgan fingerprint density at radius 2 is 2.00 bits per heavy atom. The third-order valence-electron chi connectivity index (χ3n) is 4.88. The van der Waals surface area contributed by atoms with Crippen molar-refractivity contribution in [3.63, 3.8) is 0 Å². The minimum atomic E-state index is -0.579. The Kier molecular flexibility index (Phi) is 5.40. The molecular weight excluding hydrogens is 398 g/mol. The quantitative estimate of drug-likeness (QED) is 0.544. The largest absolute Gasteiger partial charge is 0.508 e. The second-order valence-corrected chi connectivity index (χ2v) is 6.94. The number of hydrogen-bond acceptors (Lipinski definition) is 7. The number of allylic oxidation sites excluding steroid dienone is 1. The van der Waals surface area contributed by atoms with Crippen molar-refractivity contribution < 1.29 is 19.4 Å². The van der Waals surface area contributed by atoms with Gasteiger partial charge in [0.2, 0.25) is 5.95 Å². The number of carbonyl (C=O) groups is 2. The molecule has 0 fully saturated rings. The van der Waals surface area contributed by atoms with Crippen LogP contribution in [0, 0.1) is 0 Å². The van der Waals surface area contributed by atoms with E-state index >= 15 is 0 Å². The Hall–Kier alpha value is -4.14. The SMILES string of the molecule is CCOC(=O)c1ccc(NC(=O)C2=C(C)Nc3ncnn3C2c2cccc(O)c2)cc1. The van der Waals surface area contributed by atoms with E-state index in [2.05, 4.69) is 20.7 Å². The predicted octanol–water partition coefficient (Wildman–Crippen LogP) is 3.09. The zero-order chi connectivity index (χ0) is 22.0. The first-order valence-electron chi connectivity index (χ1n) is 9.72. The summed E-state index contributed by atoms with van der Waals surface area (Å²) in [6.07, 6.45) is 1.40. The number of nitrogens with zero attached hydrogens (tertiary/aromatic N) is 3. The summed E-state index contributed by atoms with van der Waals surface area (Å²) >= 11 is 0. The van der Waals surface area contributed by atoms with E-state index in [4.69, 9.17) is 4.74 Å². The number of carbonyl (C=O) groups excluding carboxylic acids is 2. The molecule has 2 aromatic carbocycles. The highest BCUT2D eigenvalue weighted by Crippen LogP contribution is 2.36. The number of aromatic hydroxyl groups is 1. The van der Waals surface area contributed by atoms with Crippen LogP contribution in [0.4, 0.5) is 11.6 Å². The van der Waals surface area contributed by atoms with Crippen LogP contribution in [0.15, 0.2) is 66.1 Å². The number of nitrogens with one attached hydrogen (secondary N) is 2. The van der Waals surface area contributed by atoms with Gasteiger partial charge in [-0.15, -0.1) is 0 Å². The van der Waals surface area contributed by atoms with Gasteiger partial charge >= 0.3 is 5.97 Å². The monoisotopic (exact) mass is 419 g/mol. The summed E-state index contributed by atoms with van der Waals surface area (Å²) in [5.74, 6) is -0.174. The number of hydrogen-bond donors (Lipinski definition) is 3. The average Bonchev–Trinajstić information content (AvgIpc) is 3.21. The number of esters is 1. The lowest BCUT2D eigenvalue weighted by Gasteiger charge is -2.28. The van der Waals surface area contributed by atoms with Crippen LogP contribution in [-0.4, -0.2) is 38.4 Å². The van der Waals surface area contributed by atoms with Crippen LogP contribution in [0.5, 0.6) is 5.75 Å². The van der Waals surface area contributed by atoms with Gasteiger partial charge in [-0.1, -0.05) is 12.1 Å². The molecule has 1 atom stereocenters. The van der Waals surface area contributed by atoms with E-state index in [0.29, 0.717) is 40.6 Å². The highest BCUT2D eigenvalue weighted by molar-refractivity contribution is 6.06. The first-order valence-corrected chi connectivity index (χ1v) is 9.72. The maximum atomic E-state index is 13.3. The Labute approximate surface area is 178 Å². The molecule has 1 aliphatic heterocycles. The molecule has 1 aromatic heterocycles. The zero-order valence-corrected chi connectivity index (χ0v) is 17.0. The second-order valence-electron chi connectivity index (χ2n) is 6.94. The van der Waals surface area contributed by atoms with Crippen LogP contribution >= 0.6 is 0 Å². The maximum Gasteiger partial charge on any atom is 0.338 e. The number of phenolic OH excluding ortho intramolecular Hbond substituents is 1. The number of aromatic nitrogens is 3. The van der Waals surface area contributed by atoms with Crippen LogP contribution in [-0.2, 0) is 9.53 Å². The fourth-order valence-electron chi connectivity index (χ4n) is 3.49. The number of ether oxygens (including phenoxy) is 1. The molecule has 0 bridgehead atoms. The molecule has 9 nitrogen and oxygen atoms in total. The molecule has 9 heteroatoms. The van der Waals surface area contributed by atoms with Crippen molar-refractivity contribution in [2.45, 2.75) is 19.9 Å². The molecule has 2 heterocycles. The highest BCUT2D eigenvalue weighted by atomic mass is 16.5. The van der Waals surface area contributed by atoms with E-state index in [-0.39, 0.29) is 11.7 Å². The summed E-state index contributed by atoms with van der Waals surface area (Å²) < 4.78 is 6.58. The van der Waals surface area contributed by atoms with Crippen LogP contribution in [0.2, 0.25) is 0 Å². The number of benzene rings is 2. The average molecular weight is 419 g/mol. The third kappa shape index (κ3) is 3.97. The molecule has 1 amide bonds. The summed E-state index contributed by atoms with van der Waals surface area (Å²) in [6.45, 7) is 3.81. The van der Waals surface area contributed by atoms with Crippen molar-refractivity contribution in [3.05, 3.63) is 77.3 Å². The first kappa shape index (κ1) is 20.1. The Morgan fingerprint density at radius 1 is 1.23 bits per heavy atom. The maximum absolute atomic E-state index is 13.3. The molecule has 1 aliphatic rings. The number of amides is 1.